The second-order valence-electron chi connectivity index (χ2n) is 10.1. The Morgan fingerprint density at radius 1 is 0.722 bits per heavy atom. The molecule has 0 atom stereocenters. The molecule has 174 valence electrons. The molecule has 5 heteroatoms. The third kappa shape index (κ3) is 3.92. The van der Waals surface area contributed by atoms with E-state index in [2.05, 4.69) is 114 Å². The van der Waals surface area contributed by atoms with Gasteiger partial charge in [-0.05, 0) is 66.3 Å². The highest BCUT2D eigenvalue weighted by Crippen LogP contribution is 2.37. The summed E-state index contributed by atoms with van der Waals surface area (Å²) in [6.45, 7) is 7.02. The van der Waals surface area contributed by atoms with E-state index >= 15 is 0 Å². The fraction of sp³-hybridized carbons (Fsp3) is 0.0968. The Labute approximate surface area is 211 Å². The molecule has 3 aromatic heterocycles. The molecule has 0 unspecified atom stereocenters. The number of aromatic amines is 1. The predicted octanol–water partition coefficient (Wildman–Crippen LogP) is 7.46. The quantitative estimate of drug-likeness (QED) is 0.206. The van der Waals surface area contributed by atoms with Crippen LogP contribution in [0.4, 0.5) is 0 Å². The fourth-order valence-electron chi connectivity index (χ4n) is 4.96. The van der Waals surface area contributed by atoms with E-state index in [1.807, 2.05) is 12.1 Å². The van der Waals surface area contributed by atoms with Gasteiger partial charge in [0.15, 0.2) is 8.24 Å². The van der Waals surface area contributed by atoms with Crippen LogP contribution in [0, 0.1) is 12.3 Å². The number of nitrogens with zero attached hydrogens (tertiary/aromatic N) is 3. The second-order valence-corrected chi connectivity index (χ2v) is 14.9. The summed E-state index contributed by atoms with van der Waals surface area (Å²) in [5.41, 5.74) is 10.8. The Bertz CT molecular complexity index is 1770. The molecule has 0 saturated heterocycles. The van der Waals surface area contributed by atoms with Gasteiger partial charge in [-0.3, -0.25) is 0 Å². The van der Waals surface area contributed by atoms with Crippen LogP contribution in [0.5, 0.6) is 0 Å². The van der Waals surface area contributed by atoms with Gasteiger partial charge in [-0.25, -0.2) is 9.97 Å². The standard InChI is InChI=1S/C31H26N4Si/c1-5-28-29-19-26-15-13-24(33-26)17-22-11-12-23(32-22)18-25-14-16-27(34-25)20-30(35(29)36(2,3)4)31(28)21-9-7-6-8-10-21/h1,6-20,32H,2-4H3. The van der Waals surface area contributed by atoms with E-state index in [1.54, 1.807) is 0 Å². The molecule has 0 radical (unpaired) electrons. The van der Waals surface area contributed by atoms with Gasteiger partial charge in [0.05, 0.1) is 33.9 Å². The molecule has 5 heterocycles. The van der Waals surface area contributed by atoms with Crippen molar-refractivity contribution < 1.29 is 0 Å². The minimum atomic E-state index is -1.94. The summed E-state index contributed by atoms with van der Waals surface area (Å²) in [6.07, 6.45) is 14.5. The zero-order valence-electron chi connectivity index (χ0n) is 20.6. The van der Waals surface area contributed by atoms with Crippen molar-refractivity contribution in [1.82, 2.24) is 19.2 Å². The molecular weight excluding hydrogens is 456 g/mol. The first-order chi connectivity index (χ1) is 17.4. The molecule has 36 heavy (non-hydrogen) atoms. The number of hydrogen-bond acceptors (Lipinski definition) is 2. The Kier molecular flexibility index (Phi) is 5.13. The van der Waals surface area contributed by atoms with E-state index in [0.717, 1.165) is 61.5 Å². The van der Waals surface area contributed by atoms with Crippen LogP contribution in [-0.2, 0) is 0 Å². The lowest BCUT2D eigenvalue weighted by Gasteiger charge is -2.21. The maximum absolute atomic E-state index is 6.24. The van der Waals surface area contributed by atoms with Gasteiger partial charge in [0.2, 0.25) is 0 Å². The molecule has 0 aliphatic carbocycles. The van der Waals surface area contributed by atoms with Crippen LogP contribution in [0.25, 0.3) is 57.5 Å². The van der Waals surface area contributed by atoms with Gasteiger partial charge in [0.25, 0.3) is 0 Å². The molecule has 0 fully saturated rings. The number of terminal acetylenes is 1. The van der Waals surface area contributed by atoms with E-state index in [0.29, 0.717) is 0 Å². The highest BCUT2D eigenvalue weighted by Gasteiger charge is 2.26. The van der Waals surface area contributed by atoms with Gasteiger partial charge in [-0.2, -0.15) is 0 Å². The molecule has 8 bridgehead atoms. The van der Waals surface area contributed by atoms with E-state index < -0.39 is 8.24 Å². The highest BCUT2D eigenvalue weighted by atomic mass is 28.3. The molecular formula is C31H26N4Si. The van der Waals surface area contributed by atoms with E-state index in [1.165, 1.54) is 0 Å². The molecule has 2 aliphatic rings. The SMILES string of the molecule is C#Cc1c(-c2ccccc2)c2cc3nc(cc4ccc(cc5nc(cc1n2[Si](C)(C)C)C=C5)[nH]4)C=C3. The second kappa shape index (κ2) is 8.37. The summed E-state index contributed by atoms with van der Waals surface area (Å²) in [6, 6.07) is 23.0. The summed E-state index contributed by atoms with van der Waals surface area (Å²) in [5, 5.41) is 0. The number of aromatic nitrogens is 4. The summed E-state index contributed by atoms with van der Waals surface area (Å²) < 4.78 is 2.46. The minimum absolute atomic E-state index is 0.889. The molecule has 0 saturated carbocycles. The maximum Gasteiger partial charge on any atom is 0.153 e. The van der Waals surface area contributed by atoms with Crippen molar-refractivity contribution in [1.29, 1.82) is 0 Å². The molecule has 1 aromatic carbocycles. The molecule has 1 N–H and O–H groups in total. The van der Waals surface area contributed by atoms with Gasteiger partial charge >= 0.3 is 0 Å². The number of nitrogens with one attached hydrogen (secondary N) is 1. The van der Waals surface area contributed by atoms with E-state index in [-0.39, 0.29) is 0 Å². The monoisotopic (exact) mass is 482 g/mol. The molecule has 2 aliphatic heterocycles. The lowest BCUT2D eigenvalue weighted by Crippen LogP contribution is -2.31. The van der Waals surface area contributed by atoms with Crippen LogP contribution in [0.3, 0.4) is 0 Å². The smallest absolute Gasteiger partial charge is 0.153 e. The van der Waals surface area contributed by atoms with Crippen LogP contribution in [0.1, 0.15) is 28.3 Å². The number of rotatable bonds is 2. The average Bonchev–Trinajstić information content (AvgIpc) is 3.62. The van der Waals surface area contributed by atoms with E-state index in [9.17, 15) is 0 Å². The lowest BCUT2D eigenvalue weighted by molar-refractivity contribution is 1.23. The van der Waals surface area contributed by atoms with Crippen molar-refractivity contribution in [2.24, 2.45) is 0 Å². The Morgan fingerprint density at radius 3 is 1.78 bits per heavy atom. The zero-order chi connectivity index (χ0) is 24.9. The minimum Gasteiger partial charge on any atom is -0.368 e. The van der Waals surface area contributed by atoms with Crippen LogP contribution < -0.4 is 0 Å². The van der Waals surface area contributed by atoms with Gasteiger partial charge in [0.1, 0.15) is 0 Å². The lowest BCUT2D eigenvalue weighted by atomic mass is 10.0. The van der Waals surface area contributed by atoms with Crippen molar-refractivity contribution >= 4 is 54.6 Å². The van der Waals surface area contributed by atoms with Crippen molar-refractivity contribution in [3.8, 4) is 23.5 Å². The van der Waals surface area contributed by atoms with Crippen LogP contribution in [-0.4, -0.2) is 27.4 Å². The summed E-state index contributed by atoms with van der Waals surface area (Å²) in [5.74, 6) is 3.04. The van der Waals surface area contributed by atoms with Crippen molar-refractivity contribution in [3.05, 3.63) is 95.1 Å². The zero-order valence-corrected chi connectivity index (χ0v) is 21.6. The topological polar surface area (TPSA) is 46.5 Å². The summed E-state index contributed by atoms with van der Waals surface area (Å²) >= 11 is 0. The molecule has 4 nitrogen and oxygen atoms in total. The largest absolute Gasteiger partial charge is 0.368 e. The van der Waals surface area contributed by atoms with Crippen LogP contribution in [0.15, 0.2) is 66.7 Å². The normalized spacial score (nSPS) is 12.6. The molecule has 0 amide bonds. The molecule has 0 spiro atoms. The highest BCUT2D eigenvalue weighted by molar-refractivity contribution is 6.76. The van der Waals surface area contributed by atoms with Gasteiger partial charge in [0, 0.05) is 22.1 Å². The number of H-pyrrole nitrogens is 1. The number of benzene rings is 1. The first-order valence-electron chi connectivity index (χ1n) is 12.1. The summed E-state index contributed by atoms with van der Waals surface area (Å²) in [4.78, 5) is 13.2. The Morgan fingerprint density at radius 2 is 1.25 bits per heavy atom. The Balaban J connectivity index is 1.85. The Hall–Kier alpha value is -4.40. The maximum atomic E-state index is 6.24. The summed E-state index contributed by atoms with van der Waals surface area (Å²) in [7, 11) is -1.94. The van der Waals surface area contributed by atoms with Gasteiger partial charge in [-0.15, -0.1) is 6.42 Å². The first kappa shape index (κ1) is 22.1. The van der Waals surface area contributed by atoms with Crippen LogP contribution in [0.2, 0.25) is 19.6 Å². The fourth-order valence-corrected chi connectivity index (χ4v) is 6.75. The average molecular weight is 483 g/mol. The van der Waals surface area contributed by atoms with Crippen molar-refractivity contribution in [2.45, 2.75) is 19.6 Å². The van der Waals surface area contributed by atoms with Gasteiger partial charge in [-0.1, -0.05) is 55.9 Å². The number of hydrogen-bond donors (Lipinski definition) is 1. The number of fused-ring (bicyclic) bond motifs is 8. The van der Waals surface area contributed by atoms with Gasteiger partial charge < -0.3 is 9.22 Å². The third-order valence-corrected chi connectivity index (χ3v) is 8.22. The van der Waals surface area contributed by atoms with Crippen molar-refractivity contribution in [2.75, 3.05) is 0 Å². The molecule has 4 aromatic rings. The van der Waals surface area contributed by atoms with Crippen molar-refractivity contribution in [3.63, 3.8) is 0 Å². The predicted molar refractivity (Wildman–Crippen MR) is 155 cm³/mol. The first-order valence-corrected chi connectivity index (χ1v) is 15.5. The van der Waals surface area contributed by atoms with E-state index in [4.69, 9.17) is 16.4 Å². The third-order valence-electron chi connectivity index (χ3n) is 6.39. The van der Waals surface area contributed by atoms with Crippen LogP contribution >= 0.6 is 0 Å². The molecule has 6 rings (SSSR count).